The van der Waals surface area contributed by atoms with Gasteiger partial charge in [0.25, 0.3) is 0 Å². The van der Waals surface area contributed by atoms with E-state index in [1.165, 1.54) is 11.3 Å². The van der Waals surface area contributed by atoms with Crippen LogP contribution in [0.2, 0.25) is 0 Å². The number of hydrogen-bond donors (Lipinski definition) is 1. The smallest absolute Gasteiger partial charge is 0.434 e. The first-order valence-electron chi connectivity index (χ1n) is 6.94. The SMILES string of the molecule is Cc1cscc1N(NC(=O)OC(C)(C)C)C(=O)OC(C)(C)C. The number of aryl methyl sites for hydroxylation is 1. The topological polar surface area (TPSA) is 67.9 Å². The molecule has 1 heterocycles. The maximum atomic E-state index is 12.3. The number of amides is 2. The Bertz CT molecular complexity index is 540. The summed E-state index contributed by atoms with van der Waals surface area (Å²) in [6, 6.07) is 0. The standard InChI is InChI=1S/C15H24N2O4S/c1-10-8-22-9-11(10)17(13(19)21-15(5,6)7)16-12(18)20-14(2,3)4/h8-9H,1-7H3,(H,16,18). The molecule has 22 heavy (non-hydrogen) atoms. The molecule has 124 valence electrons. The fraction of sp³-hybridized carbons (Fsp3) is 0.600. The van der Waals surface area contributed by atoms with Crippen molar-refractivity contribution in [3.05, 3.63) is 16.3 Å². The fourth-order valence-electron chi connectivity index (χ4n) is 1.49. The van der Waals surface area contributed by atoms with Gasteiger partial charge in [0.2, 0.25) is 0 Å². The summed E-state index contributed by atoms with van der Waals surface area (Å²) in [6.45, 7) is 12.4. The van der Waals surface area contributed by atoms with Gasteiger partial charge < -0.3 is 9.47 Å². The van der Waals surface area contributed by atoms with Gasteiger partial charge in [-0.1, -0.05) is 0 Å². The molecular formula is C15H24N2O4S. The normalized spacial score (nSPS) is 11.8. The molecule has 7 heteroatoms. The molecule has 0 atom stereocenters. The highest BCUT2D eigenvalue weighted by molar-refractivity contribution is 7.08. The molecule has 1 N–H and O–H groups in total. The average Bonchev–Trinajstić information content (AvgIpc) is 2.67. The van der Waals surface area contributed by atoms with Crippen molar-refractivity contribution in [3.8, 4) is 0 Å². The van der Waals surface area contributed by atoms with E-state index in [-0.39, 0.29) is 0 Å². The van der Waals surface area contributed by atoms with Gasteiger partial charge in [0.1, 0.15) is 11.2 Å². The Morgan fingerprint density at radius 2 is 1.59 bits per heavy atom. The van der Waals surface area contributed by atoms with Crippen molar-refractivity contribution in [2.45, 2.75) is 59.7 Å². The second-order valence-corrected chi connectivity index (χ2v) is 7.61. The molecule has 0 spiro atoms. The Labute approximate surface area is 135 Å². The Morgan fingerprint density at radius 3 is 2.00 bits per heavy atom. The number of ether oxygens (including phenoxy) is 2. The third-order valence-electron chi connectivity index (χ3n) is 2.25. The number of nitrogens with one attached hydrogen (secondary N) is 1. The molecule has 0 unspecified atom stereocenters. The second kappa shape index (κ2) is 6.56. The van der Waals surface area contributed by atoms with E-state index in [0.29, 0.717) is 5.69 Å². The zero-order valence-corrected chi connectivity index (χ0v) is 15.0. The molecule has 0 aromatic carbocycles. The number of anilines is 1. The summed E-state index contributed by atoms with van der Waals surface area (Å²) in [5.41, 5.74) is 2.53. The highest BCUT2D eigenvalue weighted by Crippen LogP contribution is 2.25. The van der Waals surface area contributed by atoms with E-state index in [1.807, 2.05) is 12.3 Å². The maximum absolute atomic E-state index is 12.3. The zero-order chi connectivity index (χ0) is 17.1. The van der Waals surface area contributed by atoms with Crippen molar-refractivity contribution in [2.75, 3.05) is 5.01 Å². The molecule has 0 saturated carbocycles. The molecule has 1 rings (SSSR count). The predicted octanol–water partition coefficient (Wildman–Crippen LogP) is 4.24. The Hall–Kier alpha value is -1.76. The molecular weight excluding hydrogens is 304 g/mol. The van der Waals surface area contributed by atoms with Crippen molar-refractivity contribution in [1.29, 1.82) is 0 Å². The molecule has 0 bridgehead atoms. The van der Waals surface area contributed by atoms with Crippen LogP contribution in [0.4, 0.5) is 15.3 Å². The number of carbonyl (C=O) groups excluding carboxylic acids is 2. The summed E-state index contributed by atoms with van der Waals surface area (Å²) in [7, 11) is 0. The van der Waals surface area contributed by atoms with Gasteiger partial charge in [0.15, 0.2) is 0 Å². The minimum atomic E-state index is -0.719. The van der Waals surface area contributed by atoms with Gasteiger partial charge in [-0.2, -0.15) is 5.01 Å². The number of carbonyl (C=O) groups is 2. The minimum Gasteiger partial charge on any atom is -0.443 e. The van der Waals surface area contributed by atoms with E-state index < -0.39 is 23.4 Å². The third kappa shape index (κ3) is 5.93. The maximum Gasteiger partial charge on any atom is 0.434 e. The first-order chi connectivity index (χ1) is 9.89. The molecule has 0 radical (unpaired) electrons. The van der Waals surface area contributed by atoms with Gasteiger partial charge in [0.05, 0.1) is 5.69 Å². The van der Waals surface area contributed by atoms with Crippen LogP contribution >= 0.6 is 11.3 Å². The monoisotopic (exact) mass is 328 g/mol. The lowest BCUT2D eigenvalue weighted by atomic mass is 10.2. The second-order valence-electron chi connectivity index (χ2n) is 6.87. The first kappa shape index (κ1) is 18.3. The molecule has 0 aliphatic rings. The highest BCUT2D eigenvalue weighted by Gasteiger charge is 2.28. The van der Waals surface area contributed by atoms with Crippen molar-refractivity contribution in [3.63, 3.8) is 0 Å². The lowest BCUT2D eigenvalue weighted by Gasteiger charge is -2.28. The van der Waals surface area contributed by atoms with Gasteiger partial charge in [-0.3, -0.25) is 0 Å². The van der Waals surface area contributed by atoms with Gasteiger partial charge in [-0.05, 0) is 59.4 Å². The van der Waals surface area contributed by atoms with Crippen LogP contribution in [-0.2, 0) is 9.47 Å². The van der Waals surface area contributed by atoms with E-state index in [9.17, 15) is 9.59 Å². The van der Waals surface area contributed by atoms with Crippen LogP contribution in [0.15, 0.2) is 10.8 Å². The molecule has 2 amide bonds. The number of hydrogen-bond acceptors (Lipinski definition) is 5. The fourth-order valence-corrected chi connectivity index (χ4v) is 2.30. The molecule has 6 nitrogen and oxygen atoms in total. The van der Waals surface area contributed by atoms with E-state index >= 15 is 0 Å². The van der Waals surface area contributed by atoms with Gasteiger partial charge in [-0.25, -0.2) is 15.0 Å². The lowest BCUT2D eigenvalue weighted by molar-refractivity contribution is 0.0425. The third-order valence-corrected chi connectivity index (χ3v) is 3.10. The van der Waals surface area contributed by atoms with Crippen LogP contribution in [0.25, 0.3) is 0 Å². The van der Waals surface area contributed by atoms with Crippen LogP contribution in [0, 0.1) is 6.92 Å². The van der Waals surface area contributed by atoms with Gasteiger partial charge >= 0.3 is 12.2 Å². The molecule has 1 aromatic heterocycles. The Balaban J connectivity index is 2.96. The number of rotatable bonds is 1. The molecule has 0 saturated heterocycles. The van der Waals surface area contributed by atoms with Gasteiger partial charge in [-0.15, -0.1) is 11.3 Å². The van der Waals surface area contributed by atoms with E-state index in [1.54, 1.807) is 46.9 Å². The Kier molecular flexibility index (Phi) is 5.45. The van der Waals surface area contributed by atoms with Crippen LogP contribution in [-0.4, -0.2) is 23.4 Å². The highest BCUT2D eigenvalue weighted by atomic mass is 32.1. The lowest BCUT2D eigenvalue weighted by Crippen LogP contribution is -2.50. The summed E-state index contributed by atoms with van der Waals surface area (Å²) >= 11 is 1.43. The molecule has 0 aliphatic carbocycles. The van der Waals surface area contributed by atoms with Crippen molar-refractivity contribution in [2.24, 2.45) is 0 Å². The number of hydrazine groups is 1. The van der Waals surface area contributed by atoms with Crippen LogP contribution in [0.1, 0.15) is 47.1 Å². The van der Waals surface area contributed by atoms with E-state index in [0.717, 1.165) is 10.6 Å². The summed E-state index contributed by atoms with van der Waals surface area (Å²) in [5.74, 6) is 0. The van der Waals surface area contributed by atoms with Crippen LogP contribution in [0.3, 0.4) is 0 Å². The first-order valence-corrected chi connectivity index (χ1v) is 7.89. The quantitative estimate of drug-likeness (QED) is 0.783. The van der Waals surface area contributed by atoms with E-state index in [4.69, 9.17) is 9.47 Å². The van der Waals surface area contributed by atoms with Crippen molar-refractivity contribution < 1.29 is 19.1 Å². The average molecular weight is 328 g/mol. The zero-order valence-electron chi connectivity index (χ0n) is 14.1. The Morgan fingerprint density at radius 1 is 1.05 bits per heavy atom. The van der Waals surface area contributed by atoms with Crippen LogP contribution < -0.4 is 10.4 Å². The van der Waals surface area contributed by atoms with Gasteiger partial charge in [0, 0.05) is 5.38 Å². The minimum absolute atomic E-state index is 0.560. The largest absolute Gasteiger partial charge is 0.443 e. The van der Waals surface area contributed by atoms with Crippen molar-refractivity contribution in [1.82, 2.24) is 5.43 Å². The summed E-state index contributed by atoms with van der Waals surface area (Å²) in [6.07, 6.45) is -1.39. The molecule has 1 aromatic rings. The van der Waals surface area contributed by atoms with Crippen LogP contribution in [0.5, 0.6) is 0 Å². The summed E-state index contributed by atoms with van der Waals surface area (Å²) in [5, 5.41) is 4.71. The number of thiophene rings is 1. The molecule has 0 fully saturated rings. The van der Waals surface area contributed by atoms with E-state index in [2.05, 4.69) is 5.43 Å². The summed E-state index contributed by atoms with van der Waals surface area (Å²) in [4.78, 5) is 24.3. The number of nitrogens with zero attached hydrogens (tertiary/aromatic N) is 1. The summed E-state index contributed by atoms with van der Waals surface area (Å²) < 4.78 is 10.5. The predicted molar refractivity (Wildman–Crippen MR) is 87.1 cm³/mol. The molecule has 0 aliphatic heterocycles. The van der Waals surface area contributed by atoms with Crippen molar-refractivity contribution >= 4 is 29.2 Å².